The molecule has 3 amide bonds. The number of rotatable bonds is 7. The normalized spacial score (nSPS) is 11.9. The number of ether oxygens (including phenoxy) is 1. The lowest BCUT2D eigenvalue weighted by Gasteiger charge is -2.31. The number of carbonyl (C=O) groups is 3. The molecule has 0 saturated heterocycles. The van der Waals surface area contributed by atoms with Crippen LogP contribution in [0.3, 0.4) is 0 Å². The van der Waals surface area contributed by atoms with Gasteiger partial charge in [-0.3, -0.25) is 9.59 Å². The van der Waals surface area contributed by atoms with Crippen LogP contribution >= 0.6 is 0 Å². The summed E-state index contributed by atoms with van der Waals surface area (Å²) in [6.07, 6.45) is -0.683. The lowest BCUT2D eigenvalue weighted by atomic mass is 10.0. The molecule has 0 saturated carbocycles. The molecule has 0 aliphatic carbocycles. The monoisotopic (exact) mass is 425 g/mol. The van der Waals surface area contributed by atoms with Crippen molar-refractivity contribution >= 4 is 23.6 Å². The van der Waals surface area contributed by atoms with Crippen molar-refractivity contribution in [2.24, 2.45) is 0 Å². The number of nitrogens with zero attached hydrogens (tertiary/aromatic N) is 1. The summed E-state index contributed by atoms with van der Waals surface area (Å²) >= 11 is 0. The highest BCUT2D eigenvalue weighted by Crippen LogP contribution is 2.24. The Morgan fingerprint density at radius 2 is 1.61 bits per heavy atom. The molecule has 166 valence electrons. The van der Waals surface area contributed by atoms with Crippen molar-refractivity contribution in [3.8, 4) is 0 Å². The van der Waals surface area contributed by atoms with E-state index in [-0.39, 0.29) is 24.9 Å². The molecule has 2 aromatic rings. The highest BCUT2D eigenvalue weighted by Gasteiger charge is 2.31. The van der Waals surface area contributed by atoms with Crippen molar-refractivity contribution in [3.05, 3.63) is 65.7 Å². The Morgan fingerprint density at radius 1 is 1.00 bits per heavy atom. The Labute approximate surface area is 183 Å². The van der Waals surface area contributed by atoms with Gasteiger partial charge in [-0.05, 0) is 51.8 Å². The minimum atomic E-state index is -0.848. The predicted octanol–water partition coefficient (Wildman–Crippen LogP) is 4.05. The number of hydrogen-bond donors (Lipinski definition) is 2. The number of benzene rings is 2. The largest absolute Gasteiger partial charge is 0.444 e. The second-order valence-electron chi connectivity index (χ2n) is 8.15. The van der Waals surface area contributed by atoms with E-state index in [0.717, 1.165) is 5.56 Å². The van der Waals surface area contributed by atoms with Gasteiger partial charge in [0.1, 0.15) is 18.2 Å². The predicted molar refractivity (Wildman–Crippen MR) is 121 cm³/mol. The minimum Gasteiger partial charge on any atom is -0.444 e. The molecule has 0 aromatic heterocycles. The molecule has 0 bridgehead atoms. The zero-order valence-corrected chi connectivity index (χ0v) is 18.8. The van der Waals surface area contributed by atoms with E-state index >= 15 is 0 Å². The van der Waals surface area contributed by atoms with Crippen LogP contribution in [-0.2, 0) is 14.3 Å². The van der Waals surface area contributed by atoms with Gasteiger partial charge in [-0.2, -0.15) is 0 Å². The first-order chi connectivity index (χ1) is 14.6. The molecule has 2 aromatic carbocycles. The maximum atomic E-state index is 13.3. The van der Waals surface area contributed by atoms with Gasteiger partial charge in [0.2, 0.25) is 5.91 Å². The summed E-state index contributed by atoms with van der Waals surface area (Å²) in [7, 11) is 0. The number of anilines is 1. The number of likely N-dealkylation sites (N-methyl/N-ethyl adjacent to an activating group) is 1. The molecule has 0 fully saturated rings. The van der Waals surface area contributed by atoms with Crippen LogP contribution in [0.2, 0.25) is 0 Å². The molecule has 1 atom stereocenters. The third-order valence-electron chi connectivity index (χ3n) is 4.52. The molecule has 0 aliphatic rings. The highest BCUT2D eigenvalue weighted by atomic mass is 16.6. The molecule has 31 heavy (non-hydrogen) atoms. The number of hydrogen-bond acceptors (Lipinski definition) is 4. The van der Waals surface area contributed by atoms with Gasteiger partial charge in [0.15, 0.2) is 0 Å². The highest BCUT2D eigenvalue weighted by molar-refractivity contribution is 5.98. The third-order valence-corrected chi connectivity index (χ3v) is 4.52. The van der Waals surface area contributed by atoms with Gasteiger partial charge in [-0.1, -0.05) is 48.5 Å². The number of amides is 3. The Bertz CT molecular complexity index is 907. The Kier molecular flexibility index (Phi) is 8.19. The number of alkyl carbamates (subject to hydrolysis) is 1. The van der Waals surface area contributed by atoms with Crippen molar-refractivity contribution in [3.63, 3.8) is 0 Å². The molecule has 0 radical (unpaired) electrons. The number of carbonyl (C=O) groups excluding carboxylic acids is 3. The smallest absolute Gasteiger partial charge is 0.408 e. The first-order valence-electron chi connectivity index (χ1n) is 10.3. The van der Waals surface area contributed by atoms with Crippen LogP contribution in [0.4, 0.5) is 10.5 Å². The summed E-state index contributed by atoms with van der Waals surface area (Å²) in [5.74, 6) is -0.713. The number of aryl methyl sites for hydroxylation is 1. The van der Waals surface area contributed by atoms with E-state index in [4.69, 9.17) is 4.74 Å². The topological polar surface area (TPSA) is 87.7 Å². The number of nitrogens with one attached hydrogen (secondary N) is 2. The van der Waals surface area contributed by atoms with Crippen LogP contribution < -0.4 is 10.6 Å². The van der Waals surface area contributed by atoms with Crippen molar-refractivity contribution in [1.29, 1.82) is 0 Å². The summed E-state index contributed by atoms with van der Waals surface area (Å²) in [4.78, 5) is 39.6. The molecular formula is C24H31N3O4. The van der Waals surface area contributed by atoms with Crippen molar-refractivity contribution in [2.75, 3.05) is 18.4 Å². The fraction of sp³-hybridized carbons (Fsp3) is 0.375. The molecule has 7 nitrogen and oxygen atoms in total. The quantitative estimate of drug-likeness (QED) is 0.701. The van der Waals surface area contributed by atoms with E-state index in [9.17, 15) is 14.4 Å². The fourth-order valence-electron chi connectivity index (χ4n) is 3.09. The van der Waals surface area contributed by atoms with Gasteiger partial charge in [0.05, 0.1) is 0 Å². The van der Waals surface area contributed by atoms with Crippen molar-refractivity contribution in [1.82, 2.24) is 10.2 Å². The average Bonchev–Trinajstić information content (AvgIpc) is 2.71. The van der Waals surface area contributed by atoms with Gasteiger partial charge >= 0.3 is 6.09 Å². The van der Waals surface area contributed by atoms with E-state index in [1.165, 1.54) is 4.90 Å². The van der Waals surface area contributed by atoms with Gasteiger partial charge in [0.25, 0.3) is 5.91 Å². The zero-order valence-electron chi connectivity index (χ0n) is 18.8. The molecule has 0 aliphatic heterocycles. The molecule has 0 spiro atoms. The van der Waals surface area contributed by atoms with Crippen LogP contribution in [0.25, 0.3) is 0 Å². The van der Waals surface area contributed by atoms with Crippen LogP contribution in [-0.4, -0.2) is 41.5 Å². The SMILES string of the molecule is CCN(C(=O)CNC(=O)OC(C)(C)C)C(C(=O)Nc1ccccc1C)c1ccccc1. The van der Waals surface area contributed by atoms with Crippen LogP contribution in [0, 0.1) is 6.92 Å². The minimum absolute atomic E-state index is 0.274. The summed E-state index contributed by atoms with van der Waals surface area (Å²) in [5, 5.41) is 5.40. The molecule has 7 heteroatoms. The first kappa shape index (κ1) is 23.9. The molecule has 2 N–H and O–H groups in total. The number of para-hydroxylation sites is 1. The van der Waals surface area contributed by atoms with Gasteiger partial charge in [-0.25, -0.2) is 4.79 Å². The van der Waals surface area contributed by atoms with Crippen LogP contribution in [0.15, 0.2) is 54.6 Å². The summed E-state index contributed by atoms with van der Waals surface area (Å²) in [6, 6.07) is 15.7. The summed E-state index contributed by atoms with van der Waals surface area (Å²) in [6.45, 7) is 8.94. The maximum absolute atomic E-state index is 13.3. The standard InChI is InChI=1S/C24H31N3O4/c1-6-27(20(28)16-25-23(30)31-24(3,4)5)21(18-13-8-7-9-14-18)22(29)26-19-15-11-10-12-17(19)2/h7-15,21H,6,16H2,1-5H3,(H,25,30)(H,26,29). The van der Waals surface area contributed by atoms with E-state index in [2.05, 4.69) is 10.6 Å². The summed E-state index contributed by atoms with van der Waals surface area (Å²) < 4.78 is 5.19. The second kappa shape index (κ2) is 10.6. The van der Waals surface area contributed by atoms with Crippen molar-refractivity contribution < 1.29 is 19.1 Å². The van der Waals surface area contributed by atoms with Gasteiger partial charge < -0.3 is 20.3 Å². The van der Waals surface area contributed by atoms with E-state index in [1.54, 1.807) is 39.8 Å². The van der Waals surface area contributed by atoms with Gasteiger partial charge in [-0.15, -0.1) is 0 Å². The Morgan fingerprint density at radius 3 is 2.19 bits per heavy atom. The lowest BCUT2D eigenvalue weighted by molar-refractivity contribution is -0.138. The lowest BCUT2D eigenvalue weighted by Crippen LogP contribution is -2.46. The first-order valence-corrected chi connectivity index (χ1v) is 10.3. The molecule has 1 unspecified atom stereocenters. The summed E-state index contributed by atoms with van der Waals surface area (Å²) in [5.41, 5.74) is 1.62. The maximum Gasteiger partial charge on any atom is 0.408 e. The Hall–Kier alpha value is -3.35. The fourth-order valence-corrected chi connectivity index (χ4v) is 3.09. The molecular weight excluding hydrogens is 394 g/mol. The molecule has 2 rings (SSSR count). The molecule has 0 heterocycles. The third kappa shape index (κ3) is 7.13. The van der Waals surface area contributed by atoms with Crippen LogP contribution in [0.1, 0.15) is 44.9 Å². The second-order valence-corrected chi connectivity index (χ2v) is 8.15. The van der Waals surface area contributed by atoms with Crippen LogP contribution in [0.5, 0.6) is 0 Å². The van der Waals surface area contributed by atoms with E-state index in [0.29, 0.717) is 11.3 Å². The Balaban J connectivity index is 2.23. The van der Waals surface area contributed by atoms with E-state index < -0.39 is 17.7 Å². The zero-order chi connectivity index (χ0) is 23.0. The van der Waals surface area contributed by atoms with Crippen molar-refractivity contribution in [2.45, 2.75) is 46.3 Å². The van der Waals surface area contributed by atoms with E-state index in [1.807, 2.05) is 49.4 Å². The van der Waals surface area contributed by atoms with Gasteiger partial charge in [0, 0.05) is 12.2 Å². The average molecular weight is 426 g/mol.